The summed E-state index contributed by atoms with van der Waals surface area (Å²) in [5.41, 5.74) is 5.39. The molecule has 0 bridgehead atoms. The maximum atomic E-state index is 12.7. The van der Waals surface area contributed by atoms with Crippen molar-refractivity contribution < 1.29 is 29.3 Å². The molecule has 1 aliphatic heterocycles. The number of carbonyl (C=O) groups excluding carboxylic acids is 2. The zero-order chi connectivity index (χ0) is 35.6. The van der Waals surface area contributed by atoms with Gasteiger partial charge in [0.15, 0.2) is 12.1 Å². The van der Waals surface area contributed by atoms with E-state index in [0.717, 1.165) is 33.4 Å². The highest BCUT2D eigenvalue weighted by atomic mass is 16.7. The average Bonchev–Trinajstić information content (AvgIpc) is 3.15. The smallest absolute Gasteiger partial charge is 0.315 e. The topological polar surface area (TPSA) is 120 Å². The summed E-state index contributed by atoms with van der Waals surface area (Å²) in [7, 11) is 2.00. The van der Waals surface area contributed by atoms with E-state index in [0.29, 0.717) is 13.0 Å². The standard InChI is InChI=1S/C41H49N3O6/c1-27-37(25-44(4)28(2)38(47)33-13-9-6-10-14-33)49-40(50-39(27)34-19-17-32(26-45)18-20-34)35-21-15-31(16-22-35)24-42-41(48)43-36(29(3)46)23-30-11-7-5-8-12-30/h5-22,27-28,36-40,45,47H,23-26H2,1-4H3,(H2,42,43,48). The summed E-state index contributed by atoms with van der Waals surface area (Å²) in [6, 6.07) is 33.6. The number of ether oxygens (including phenoxy) is 2. The second kappa shape index (κ2) is 17.5. The molecule has 1 aliphatic rings. The van der Waals surface area contributed by atoms with E-state index < -0.39 is 24.5 Å². The number of urea groups is 1. The molecule has 1 saturated heterocycles. The van der Waals surface area contributed by atoms with Crippen LogP contribution < -0.4 is 10.6 Å². The number of nitrogens with one attached hydrogen (secondary N) is 2. The molecule has 5 rings (SSSR count). The van der Waals surface area contributed by atoms with Crippen LogP contribution in [0.4, 0.5) is 4.79 Å². The summed E-state index contributed by atoms with van der Waals surface area (Å²) in [5.74, 6) is -0.124. The lowest BCUT2D eigenvalue weighted by Crippen LogP contribution is -2.46. The van der Waals surface area contributed by atoms with Gasteiger partial charge in [-0.05, 0) is 55.1 Å². The minimum atomic E-state index is -0.658. The fraction of sp³-hybridized carbons (Fsp3) is 0.366. The fourth-order valence-corrected chi connectivity index (χ4v) is 6.28. The molecule has 1 heterocycles. The van der Waals surface area contributed by atoms with Gasteiger partial charge in [-0.2, -0.15) is 0 Å². The highest BCUT2D eigenvalue weighted by molar-refractivity contribution is 5.87. The van der Waals surface area contributed by atoms with Crippen LogP contribution in [0.5, 0.6) is 0 Å². The van der Waals surface area contributed by atoms with Crippen LogP contribution in [0.25, 0.3) is 0 Å². The van der Waals surface area contributed by atoms with Crippen LogP contribution in [0.2, 0.25) is 0 Å². The predicted molar refractivity (Wildman–Crippen MR) is 193 cm³/mol. The highest BCUT2D eigenvalue weighted by Crippen LogP contribution is 2.42. The van der Waals surface area contributed by atoms with Gasteiger partial charge in [0.2, 0.25) is 0 Å². The van der Waals surface area contributed by atoms with E-state index >= 15 is 0 Å². The molecule has 0 aliphatic carbocycles. The van der Waals surface area contributed by atoms with Gasteiger partial charge in [-0.3, -0.25) is 9.69 Å². The van der Waals surface area contributed by atoms with Crippen molar-refractivity contribution in [2.24, 2.45) is 5.92 Å². The van der Waals surface area contributed by atoms with Crippen LogP contribution in [0, 0.1) is 5.92 Å². The monoisotopic (exact) mass is 679 g/mol. The molecule has 0 saturated carbocycles. The van der Waals surface area contributed by atoms with Crippen LogP contribution in [0.15, 0.2) is 109 Å². The molecule has 50 heavy (non-hydrogen) atoms. The van der Waals surface area contributed by atoms with E-state index in [1.165, 1.54) is 6.92 Å². The average molecular weight is 680 g/mol. The van der Waals surface area contributed by atoms with Crippen molar-refractivity contribution in [3.8, 4) is 0 Å². The number of aliphatic hydroxyl groups is 2. The first-order valence-corrected chi connectivity index (χ1v) is 17.2. The molecule has 0 aromatic heterocycles. The zero-order valence-corrected chi connectivity index (χ0v) is 29.2. The third-order valence-electron chi connectivity index (χ3n) is 9.67. The second-order valence-electron chi connectivity index (χ2n) is 13.3. The summed E-state index contributed by atoms with van der Waals surface area (Å²) in [5, 5.41) is 26.4. The van der Waals surface area contributed by atoms with E-state index in [-0.39, 0.29) is 43.1 Å². The number of aliphatic hydroxyl groups excluding tert-OH is 2. The van der Waals surface area contributed by atoms with Gasteiger partial charge in [0.25, 0.3) is 0 Å². The van der Waals surface area contributed by atoms with Crippen LogP contribution in [-0.4, -0.2) is 58.7 Å². The lowest BCUT2D eigenvalue weighted by atomic mass is 9.89. The van der Waals surface area contributed by atoms with Crippen molar-refractivity contribution in [3.05, 3.63) is 143 Å². The Hall–Kier alpha value is -4.38. The molecular formula is C41H49N3O6. The Morgan fingerprint density at radius 3 is 2.04 bits per heavy atom. The molecule has 264 valence electrons. The van der Waals surface area contributed by atoms with Crippen molar-refractivity contribution in [1.29, 1.82) is 0 Å². The molecule has 7 atom stereocenters. The molecule has 9 heteroatoms. The van der Waals surface area contributed by atoms with Crippen molar-refractivity contribution in [1.82, 2.24) is 15.5 Å². The van der Waals surface area contributed by atoms with Crippen LogP contribution in [-0.2, 0) is 33.8 Å². The van der Waals surface area contributed by atoms with E-state index in [1.807, 2.05) is 123 Å². The summed E-state index contributed by atoms with van der Waals surface area (Å²) in [4.78, 5) is 27.1. The SMILES string of the molecule is CC(=O)C(Cc1ccccc1)NC(=O)NCc1ccc(C2OC(CN(C)C(C)C(O)c3ccccc3)C(C)C(c3ccc(CO)cc3)O2)cc1. The van der Waals surface area contributed by atoms with Gasteiger partial charge in [-0.1, -0.05) is 116 Å². The lowest BCUT2D eigenvalue weighted by Gasteiger charge is -2.43. The number of carbonyl (C=O) groups is 2. The summed E-state index contributed by atoms with van der Waals surface area (Å²) in [6.07, 6.45) is -1.38. The zero-order valence-electron chi connectivity index (χ0n) is 29.2. The number of benzene rings is 4. The number of hydrogen-bond donors (Lipinski definition) is 4. The molecule has 4 aromatic rings. The van der Waals surface area contributed by atoms with Gasteiger partial charge < -0.3 is 30.3 Å². The predicted octanol–water partition coefficient (Wildman–Crippen LogP) is 6.02. The Morgan fingerprint density at radius 2 is 1.42 bits per heavy atom. The van der Waals surface area contributed by atoms with Crippen molar-refractivity contribution in [3.63, 3.8) is 0 Å². The molecular weight excluding hydrogens is 630 g/mol. The summed E-state index contributed by atoms with van der Waals surface area (Å²) in [6.45, 7) is 6.43. The first kappa shape index (κ1) is 36.9. The van der Waals surface area contributed by atoms with E-state index in [4.69, 9.17) is 9.47 Å². The van der Waals surface area contributed by atoms with Crippen LogP contribution in [0.1, 0.15) is 72.6 Å². The Labute approximate surface area is 295 Å². The molecule has 1 fully saturated rings. The number of Topliss-reactive ketones (excluding diaryl/α,β-unsaturated/α-hetero) is 1. The first-order valence-electron chi connectivity index (χ1n) is 17.2. The van der Waals surface area contributed by atoms with Gasteiger partial charge in [0.05, 0.1) is 31.0 Å². The quantitative estimate of drug-likeness (QED) is 0.129. The minimum absolute atomic E-state index is 0.0163. The maximum Gasteiger partial charge on any atom is 0.315 e. The van der Waals surface area contributed by atoms with E-state index in [2.05, 4.69) is 22.5 Å². The molecule has 7 unspecified atom stereocenters. The van der Waals surface area contributed by atoms with E-state index in [1.54, 1.807) is 0 Å². The molecule has 9 nitrogen and oxygen atoms in total. The Morgan fingerprint density at radius 1 is 0.820 bits per heavy atom. The molecule has 4 aromatic carbocycles. The summed E-state index contributed by atoms with van der Waals surface area (Å²) >= 11 is 0. The molecule has 2 amide bonds. The number of ketones is 1. The van der Waals surface area contributed by atoms with Gasteiger partial charge in [-0.25, -0.2) is 4.79 Å². The van der Waals surface area contributed by atoms with Gasteiger partial charge in [0, 0.05) is 30.6 Å². The van der Waals surface area contributed by atoms with Crippen molar-refractivity contribution in [2.45, 2.75) is 77.0 Å². The maximum absolute atomic E-state index is 12.7. The highest BCUT2D eigenvalue weighted by Gasteiger charge is 2.39. The Balaban J connectivity index is 1.26. The number of nitrogens with zero attached hydrogens (tertiary/aromatic N) is 1. The van der Waals surface area contributed by atoms with Gasteiger partial charge in [0.1, 0.15) is 0 Å². The largest absolute Gasteiger partial charge is 0.392 e. The number of hydrogen-bond acceptors (Lipinski definition) is 7. The third-order valence-corrected chi connectivity index (χ3v) is 9.67. The number of likely N-dealkylation sites (N-methyl/N-ethyl adjacent to an activating group) is 1. The third kappa shape index (κ3) is 9.65. The minimum Gasteiger partial charge on any atom is -0.392 e. The normalized spacial score (nSPS) is 20.9. The molecule has 0 radical (unpaired) electrons. The van der Waals surface area contributed by atoms with Crippen LogP contribution in [0.3, 0.4) is 0 Å². The lowest BCUT2D eigenvalue weighted by molar-refractivity contribution is -0.276. The number of amides is 2. The fourth-order valence-electron chi connectivity index (χ4n) is 6.28. The van der Waals surface area contributed by atoms with E-state index in [9.17, 15) is 19.8 Å². The first-order chi connectivity index (χ1) is 24.1. The summed E-state index contributed by atoms with van der Waals surface area (Å²) < 4.78 is 13.3. The Bertz CT molecular complexity index is 1650. The Kier molecular flexibility index (Phi) is 12.9. The van der Waals surface area contributed by atoms with Gasteiger partial charge in [-0.15, -0.1) is 0 Å². The number of rotatable bonds is 14. The van der Waals surface area contributed by atoms with Crippen molar-refractivity contribution in [2.75, 3.05) is 13.6 Å². The van der Waals surface area contributed by atoms with Gasteiger partial charge >= 0.3 is 6.03 Å². The van der Waals surface area contributed by atoms with Crippen LogP contribution >= 0.6 is 0 Å². The van der Waals surface area contributed by atoms with Crippen molar-refractivity contribution >= 4 is 11.8 Å². The molecule has 0 spiro atoms. The second-order valence-corrected chi connectivity index (χ2v) is 13.3. The molecule has 4 N–H and O–H groups in total.